The number of hydrogen-bond donors (Lipinski definition) is 2. The van der Waals surface area contributed by atoms with Crippen LogP contribution in [-0.2, 0) is 6.18 Å². The van der Waals surface area contributed by atoms with Crippen molar-refractivity contribution >= 4 is 22.6 Å². The highest BCUT2D eigenvalue weighted by Crippen LogP contribution is 2.38. The van der Waals surface area contributed by atoms with E-state index < -0.39 is 17.6 Å². The summed E-state index contributed by atoms with van der Waals surface area (Å²) in [5, 5.41) is 0.544. The number of halogens is 3. The highest BCUT2D eigenvalue weighted by Gasteiger charge is 2.33. The molecule has 0 radical (unpaired) electrons. The van der Waals surface area contributed by atoms with E-state index in [-0.39, 0.29) is 17.0 Å². The van der Waals surface area contributed by atoms with Crippen LogP contribution in [-0.4, -0.2) is 5.91 Å². The van der Waals surface area contributed by atoms with Crippen LogP contribution in [0.15, 0.2) is 71.1 Å². The first-order valence-corrected chi connectivity index (χ1v) is 8.64. The van der Waals surface area contributed by atoms with E-state index >= 15 is 0 Å². The number of carbonyl (C=O) groups is 1. The molecule has 1 amide bonds. The quantitative estimate of drug-likeness (QED) is 0.482. The molecular weight excluding hydrogens is 381 g/mol. The van der Waals surface area contributed by atoms with Crippen LogP contribution < -0.4 is 11.5 Å². The normalized spacial score (nSPS) is 11.7. The smallest absolute Gasteiger partial charge is 0.417 e. The number of furan rings is 1. The predicted octanol–water partition coefficient (Wildman–Crippen LogP) is 5.47. The van der Waals surface area contributed by atoms with Crippen molar-refractivity contribution in [3.8, 4) is 22.3 Å². The monoisotopic (exact) mass is 396 g/mol. The summed E-state index contributed by atoms with van der Waals surface area (Å²) in [6.07, 6.45) is -4.43. The number of fused-ring (bicyclic) bond motifs is 1. The summed E-state index contributed by atoms with van der Waals surface area (Å²) in [4.78, 5) is 11.4. The van der Waals surface area contributed by atoms with E-state index in [4.69, 9.17) is 15.9 Å². The number of nitrogens with two attached hydrogens (primary N) is 2. The zero-order chi connectivity index (χ0) is 20.8. The molecular formula is C22H15F3N2O2. The largest absolute Gasteiger partial charge is 0.449 e. The van der Waals surface area contributed by atoms with E-state index in [0.29, 0.717) is 16.5 Å². The molecule has 0 aliphatic rings. The second-order valence-electron chi connectivity index (χ2n) is 6.54. The molecule has 7 heteroatoms. The van der Waals surface area contributed by atoms with Crippen LogP contribution in [0.2, 0.25) is 0 Å². The van der Waals surface area contributed by atoms with Crippen molar-refractivity contribution in [3.05, 3.63) is 78.1 Å². The number of anilines is 1. The molecule has 0 aliphatic carbocycles. The fourth-order valence-corrected chi connectivity index (χ4v) is 3.30. The molecule has 4 aromatic rings. The molecule has 3 aromatic carbocycles. The molecule has 0 saturated carbocycles. The fourth-order valence-electron chi connectivity index (χ4n) is 3.30. The number of hydrogen-bond acceptors (Lipinski definition) is 3. The number of amides is 1. The van der Waals surface area contributed by atoms with Gasteiger partial charge in [0, 0.05) is 5.39 Å². The second-order valence-corrected chi connectivity index (χ2v) is 6.54. The Hall–Kier alpha value is -3.74. The van der Waals surface area contributed by atoms with Crippen molar-refractivity contribution in [1.29, 1.82) is 0 Å². The van der Waals surface area contributed by atoms with Gasteiger partial charge in [0.05, 0.1) is 11.3 Å². The zero-order valence-corrected chi connectivity index (χ0v) is 15.0. The Morgan fingerprint density at radius 3 is 2.14 bits per heavy atom. The van der Waals surface area contributed by atoms with Crippen molar-refractivity contribution in [3.63, 3.8) is 0 Å². The molecule has 1 aromatic heterocycles. The van der Waals surface area contributed by atoms with Gasteiger partial charge in [0.25, 0.3) is 5.91 Å². The van der Waals surface area contributed by atoms with Gasteiger partial charge in [0.1, 0.15) is 5.58 Å². The van der Waals surface area contributed by atoms with Gasteiger partial charge in [-0.25, -0.2) is 0 Å². The average Bonchev–Trinajstić information content (AvgIpc) is 3.04. The Bertz CT molecular complexity index is 1230. The van der Waals surface area contributed by atoms with E-state index in [1.54, 1.807) is 48.5 Å². The van der Waals surface area contributed by atoms with Crippen LogP contribution in [0.1, 0.15) is 16.1 Å². The highest BCUT2D eigenvalue weighted by molar-refractivity contribution is 6.05. The van der Waals surface area contributed by atoms with Gasteiger partial charge in [0.15, 0.2) is 0 Å². The van der Waals surface area contributed by atoms with Crippen LogP contribution in [0, 0.1) is 0 Å². The maximum atomic E-state index is 13.3. The van der Waals surface area contributed by atoms with Crippen molar-refractivity contribution < 1.29 is 22.4 Å². The zero-order valence-electron chi connectivity index (χ0n) is 15.0. The molecule has 146 valence electrons. The van der Waals surface area contributed by atoms with Gasteiger partial charge in [0.2, 0.25) is 5.76 Å². The third-order valence-electron chi connectivity index (χ3n) is 4.71. The number of rotatable bonds is 3. The molecule has 0 spiro atoms. The maximum absolute atomic E-state index is 13.3. The first-order chi connectivity index (χ1) is 13.8. The van der Waals surface area contributed by atoms with E-state index in [1.807, 2.05) is 0 Å². The number of benzene rings is 3. The SMILES string of the molecule is NC(=O)c1oc2ccc(-c3ccc(-c4ccccc4C(F)(F)F)cc3)cc2c1N. The van der Waals surface area contributed by atoms with E-state index in [2.05, 4.69) is 0 Å². The number of alkyl halides is 3. The molecule has 0 unspecified atom stereocenters. The van der Waals surface area contributed by atoms with Gasteiger partial charge in [-0.3, -0.25) is 4.79 Å². The summed E-state index contributed by atoms with van der Waals surface area (Å²) in [5.74, 6) is -0.857. The van der Waals surface area contributed by atoms with Gasteiger partial charge < -0.3 is 15.9 Å². The summed E-state index contributed by atoms with van der Waals surface area (Å²) in [6, 6.07) is 17.4. The Balaban J connectivity index is 1.74. The van der Waals surface area contributed by atoms with Crippen molar-refractivity contribution in [2.24, 2.45) is 5.73 Å². The standard InChI is InChI=1S/C22H15F3N2O2/c23-22(24,25)17-4-2-1-3-15(17)13-7-5-12(6-8-13)14-9-10-18-16(11-14)19(26)20(29-18)21(27)28/h1-11H,26H2,(H2,27,28). The molecule has 0 bridgehead atoms. The lowest BCUT2D eigenvalue weighted by molar-refractivity contribution is -0.137. The van der Waals surface area contributed by atoms with Crippen LogP contribution in [0.4, 0.5) is 18.9 Å². The molecule has 29 heavy (non-hydrogen) atoms. The fraction of sp³-hybridized carbons (Fsp3) is 0.0455. The van der Waals surface area contributed by atoms with Crippen LogP contribution in [0.3, 0.4) is 0 Å². The summed E-state index contributed by atoms with van der Waals surface area (Å²) >= 11 is 0. The van der Waals surface area contributed by atoms with Gasteiger partial charge >= 0.3 is 6.18 Å². The third-order valence-corrected chi connectivity index (χ3v) is 4.71. The van der Waals surface area contributed by atoms with Crippen LogP contribution in [0.25, 0.3) is 33.2 Å². The minimum atomic E-state index is -4.43. The van der Waals surface area contributed by atoms with Crippen molar-refractivity contribution in [2.75, 3.05) is 5.73 Å². The Morgan fingerprint density at radius 2 is 1.48 bits per heavy atom. The predicted molar refractivity (Wildman–Crippen MR) is 105 cm³/mol. The molecule has 0 atom stereocenters. The van der Waals surface area contributed by atoms with E-state index in [9.17, 15) is 18.0 Å². The number of carbonyl (C=O) groups excluding carboxylic acids is 1. The average molecular weight is 396 g/mol. The first-order valence-electron chi connectivity index (χ1n) is 8.64. The van der Waals surface area contributed by atoms with E-state index in [0.717, 1.165) is 17.2 Å². The van der Waals surface area contributed by atoms with Gasteiger partial charge in [-0.1, -0.05) is 48.5 Å². The number of primary amides is 1. The first kappa shape index (κ1) is 18.6. The lowest BCUT2D eigenvalue weighted by atomic mass is 9.96. The molecule has 0 aliphatic heterocycles. The molecule has 0 fully saturated rings. The topological polar surface area (TPSA) is 82.2 Å². The molecule has 4 N–H and O–H groups in total. The minimum absolute atomic E-state index is 0.101. The Morgan fingerprint density at radius 1 is 0.862 bits per heavy atom. The lowest BCUT2D eigenvalue weighted by Gasteiger charge is -2.13. The van der Waals surface area contributed by atoms with Crippen LogP contribution >= 0.6 is 0 Å². The van der Waals surface area contributed by atoms with Crippen molar-refractivity contribution in [2.45, 2.75) is 6.18 Å². The lowest BCUT2D eigenvalue weighted by Crippen LogP contribution is -2.11. The van der Waals surface area contributed by atoms with Gasteiger partial charge in [-0.15, -0.1) is 0 Å². The Labute approximate surface area is 163 Å². The summed E-state index contributed by atoms with van der Waals surface area (Å²) in [5.41, 5.74) is 13.2. The number of nitrogen functional groups attached to an aromatic ring is 1. The summed E-state index contributed by atoms with van der Waals surface area (Å²) < 4.78 is 45.2. The van der Waals surface area contributed by atoms with Crippen molar-refractivity contribution in [1.82, 2.24) is 0 Å². The van der Waals surface area contributed by atoms with Gasteiger partial charge in [-0.2, -0.15) is 13.2 Å². The molecule has 1 heterocycles. The molecule has 0 saturated heterocycles. The maximum Gasteiger partial charge on any atom is 0.417 e. The van der Waals surface area contributed by atoms with Gasteiger partial charge in [-0.05, 0) is 40.5 Å². The third kappa shape index (κ3) is 3.31. The molecule has 4 rings (SSSR count). The Kier molecular flexibility index (Phi) is 4.30. The van der Waals surface area contributed by atoms with E-state index in [1.165, 1.54) is 12.1 Å². The summed E-state index contributed by atoms with van der Waals surface area (Å²) in [7, 11) is 0. The molecule has 4 nitrogen and oxygen atoms in total. The highest BCUT2D eigenvalue weighted by atomic mass is 19.4. The summed E-state index contributed by atoms with van der Waals surface area (Å²) in [6.45, 7) is 0. The minimum Gasteiger partial charge on any atom is -0.449 e. The second kappa shape index (κ2) is 6.70. The van der Waals surface area contributed by atoms with Crippen LogP contribution in [0.5, 0.6) is 0 Å².